The van der Waals surface area contributed by atoms with Gasteiger partial charge in [-0.2, -0.15) is 0 Å². The summed E-state index contributed by atoms with van der Waals surface area (Å²) in [6, 6.07) is 10.2. The summed E-state index contributed by atoms with van der Waals surface area (Å²) in [6.07, 6.45) is 5.86. The number of benzene rings is 1. The highest BCUT2D eigenvalue weighted by molar-refractivity contribution is 5.22. The van der Waals surface area contributed by atoms with E-state index in [9.17, 15) is 0 Å². The van der Waals surface area contributed by atoms with E-state index in [1.165, 1.54) is 24.8 Å². The zero-order chi connectivity index (χ0) is 10.7. The quantitative estimate of drug-likeness (QED) is 0.777. The highest BCUT2D eigenvalue weighted by Gasteiger charge is 2.34. The van der Waals surface area contributed by atoms with Crippen LogP contribution in [-0.2, 0) is 0 Å². The molecule has 0 bridgehead atoms. The first kappa shape index (κ1) is 10.7. The molecule has 2 nitrogen and oxygen atoms in total. The molecular weight excluding hydrogens is 184 g/mol. The summed E-state index contributed by atoms with van der Waals surface area (Å²) >= 11 is 0. The summed E-state index contributed by atoms with van der Waals surface area (Å²) in [5.41, 5.74) is 13.7. The fraction of sp³-hybridized carbons (Fsp3) is 0.538. The lowest BCUT2D eigenvalue weighted by Crippen LogP contribution is -2.50. The van der Waals surface area contributed by atoms with E-state index in [2.05, 4.69) is 12.1 Å². The molecule has 1 aliphatic rings. The second kappa shape index (κ2) is 4.33. The predicted molar refractivity (Wildman–Crippen MR) is 63.4 cm³/mol. The van der Waals surface area contributed by atoms with E-state index in [0.29, 0.717) is 0 Å². The third-order valence-corrected chi connectivity index (χ3v) is 3.56. The van der Waals surface area contributed by atoms with Crippen LogP contribution in [0.4, 0.5) is 0 Å². The maximum Gasteiger partial charge on any atom is 0.0477 e. The van der Waals surface area contributed by atoms with Gasteiger partial charge in [0.15, 0.2) is 0 Å². The molecule has 1 saturated carbocycles. The Morgan fingerprint density at radius 2 is 1.60 bits per heavy atom. The van der Waals surface area contributed by atoms with Crippen LogP contribution in [0.5, 0.6) is 0 Å². The minimum absolute atomic E-state index is 0.0148. The summed E-state index contributed by atoms with van der Waals surface area (Å²) in [6.45, 7) is 0. The van der Waals surface area contributed by atoms with Crippen LogP contribution >= 0.6 is 0 Å². The van der Waals surface area contributed by atoms with E-state index in [1.54, 1.807) is 0 Å². The van der Waals surface area contributed by atoms with Gasteiger partial charge < -0.3 is 11.5 Å². The number of hydrogen-bond acceptors (Lipinski definition) is 2. The van der Waals surface area contributed by atoms with E-state index in [1.807, 2.05) is 18.2 Å². The fourth-order valence-electron chi connectivity index (χ4n) is 2.51. The Bertz CT molecular complexity index is 302. The lowest BCUT2D eigenvalue weighted by molar-refractivity contribution is 0.249. The van der Waals surface area contributed by atoms with Gasteiger partial charge >= 0.3 is 0 Å². The van der Waals surface area contributed by atoms with Gasteiger partial charge in [0.25, 0.3) is 0 Å². The van der Waals surface area contributed by atoms with Gasteiger partial charge in [-0.25, -0.2) is 0 Å². The number of hydrogen-bond donors (Lipinski definition) is 2. The summed E-state index contributed by atoms with van der Waals surface area (Å²) in [5.74, 6) is 0. The zero-order valence-electron chi connectivity index (χ0n) is 9.15. The van der Waals surface area contributed by atoms with Gasteiger partial charge in [0.05, 0.1) is 0 Å². The Morgan fingerprint density at radius 1 is 1.00 bits per heavy atom. The smallest absolute Gasteiger partial charge is 0.0477 e. The number of nitrogens with two attached hydrogens (primary N) is 2. The topological polar surface area (TPSA) is 52.0 Å². The summed E-state index contributed by atoms with van der Waals surface area (Å²) in [7, 11) is 0. The van der Waals surface area contributed by atoms with Crippen molar-refractivity contribution in [2.45, 2.75) is 43.7 Å². The SMILES string of the molecule is NC(c1ccccc1)C1(N)CCCCC1. The lowest BCUT2D eigenvalue weighted by Gasteiger charge is -2.38. The van der Waals surface area contributed by atoms with Gasteiger partial charge in [0.2, 0.25) is 0 Å². The van der Waals surface area contributed by atoms with E-state index < -0.39 is 0 Å². The summed E-state index contributed by atoms with van der Waals surface area (Å²) in [4.78, 5) is 0. The second-order valence-corrected chi connectivity index (χ2v) is 4.68. The largest absolute Gasteiger partial charge is 0.323 e. The first-order valence-corrected chi connectivity index (χ1v) is 5.82. The predicted octanol–water partition coefficient (Wildman–Crippen LogP) is 2.35. The van der Waals surface area contributed by atoms with E-state index in [4.69, 9.17) is 11.5 Å². The average molecular weight is 204 g/mol. The molecule has 0 heterocycles. The van der Waals surface area contributed by atoms with Crippen LogP contribution < -0.4 is 11.5 Å². The third kappa shape index (κ3) is 2.21. The van der Waals surface area contributed by atoms with Gasteiger partial charge in [0, 0.05) is 11.6 Å². The van der Waals surface area contributed by atoms with Crippen LogP contribution in [0.15, 0.2) is 30.3 Å². The van der Waals surface area contributed by atoms with Crippen LogP contribution in [0.2, 0.25) is 0 Å². The highest BCUT2D eigenvalue weighted by atomic mass is 14.9. The van der Waals surface area contributed by atoms with Gasteiger partial charge in [-0.1, -0.05) is 49.6 Å². The van der Waals surface area contributed by atoms with Crippen LogP contribution in [0, 0.1) is 0 Å². The highest BCUT2D eigenvalue weighted by Crippen LogP contribution is 2.34. The van der Waals surface area contributed by atoms with Crippen LogP contribution in [0.3, 0.4) is 0 Å². The van der Waals surface area contributed by atoms with E-state index >= 15 is 0 Å². The van der Waals surface area contributed by atoms with Gasteiger partial charge in [-0.3, -0.25) is 0 Å². The minimum atomic E-state index is -0.181. The molecule has 15 heavy (non-hydrogen) atoms. The average Bonchev–Trinajstić information content (AvgIpc) is 2.30. The molecule has 1 aromatic rings. The van der Waals surface area contributed by atoms with Crippen molar-refractivity contribution in [3.8, 4) is 0 Å². The van der Waals surface area contributed by atoms with Crippen molar-refractivity contribution >= 4 is 0 Å². The molecular formula is C13H20N2. The summed E-state index contributed by atoms with van der Waals surface area (Å²) in [5, 5.41) is 0. The molecule has 1 aliphatic carbocycles. The lowest BCUT2D eigenvalue weighted by atomic mass is 9.75. The monoisotopic (exact) mass is 204 g/mol. The molecule has 4 N–H and O–H groups in total. The zero-order valence-corrected chi connectivity index (χ0v) is 9.15. The Balaban J connectivity index is 2.16. The normalized spacial score (nSPS) is 22.3. The van der Waals surface area contributed by atoms with E-state index in [0.717, 1.165) is 12.8 Å². The first-order chi connectivity index (χ1) is 7.22. The molecule has 0 amide bonds. The number of rotatable bonds is 2. The van der Waals surface area contributed by atoms with Crippen LogP contribution in [0.1, 0.15) is 43.7 Å². The Labute approximate surface area is 91.7 Å². The molecule has 0 radical (unpaired) electrons. The van der Waals surface area contributed by atoms with Crippen molar-refractivity contribution in [1.29, 1.82) is 0 Å². The molecule has 2 heteroatoms. The maximum absolute atomic E-state index is 6.41. The van der Waals surface area contributed by atoms with Crippen molar-refractivity contribution in [2.24, 2.45) is 11.5 Å². The molecule has 1 atom stereocenters. The molecule has 0 saturated heterocycles. The molecule has 82 valence electrons. The minimum Gasteiger partial charge on any atom is -0.323 e. The summed E-state index contributed by atoms with van der Waals surface area (Å²) < 4.78 is 0. The molecule has 0 spiro atoms. The molecule has 1 fully saturated rings. The van der Waals surface area contributed by atoms with Gasteiger partial charge in [0.1, 0.15) is 0 Å². The van der Waals surface area contributed by atoms with Crippen molar-refractivity contribution in [2.75, 3.05) is 0 Å². The van der Waals surface area contributed by atoms with Crippen LogP contribution in [0.25, 0.3) is 0 Å². The standard InChI is InChI=1S/C13H20N2/c14-12(11-7-3-1-4-8-11)13(15)9-5-2-6-10-13/h1,3-4,7-8,12H,2,5-6,9-10,14-15H2. The van der Waals surface area contributed by atoms with E-state index in [-0.39, 0.29) is 11.6 Å². The van der Waals surface area contributed by atoms with Crippen molar-refractivity contribution < 1.29 is 0 Å². The van der Waals surface area contributed by atoms with Gasteiger partial charge in [-0.15, -0.1) is 0 Å². The maximum atomic E-state index is 6.41. The van der Waals surface area contributed by atoms with Crippen molar-refractivity contribution in [3.63, 3.8) is 0 Å². The molecule has 1 unspecified atom stereocenters. The Morgan fingerprint density at radius 3 is 2.20 bits per heavy atom. The van der Waals surface area contributed by atoms with Crippen molar-refractivity contribution in [3.05, 3.63) is 35.9 Å². The molecule has 1 aromatic carbocycles. The Kier molecular flexibility index (Phi) is 3.08. The Hall–Kier alpha value is -0.860. The molecule has 0 aliphatic heterocycles. The third-order valence-electron chi connectivity index (χ3n) is 3.56. The van der Waals surface area contributed by atoms with Gasteiger partial charge in [-0.05, 0) is 18.4 Å². The van der Waals surface area contributed by atoms with Crippen molar-refractivity contribution in [1.82, 2.24) is 0 Å². The molecule has 0 aromatic heterocycles. The molecule has 2 rings (SSSR count). The first-order valence-electron chi connectivity index (χ1n) is 5.82. The second-order valence-electron chi connectivity index (χ2n) is 4.68. The fourth-order valence-corrected chi connectivity index (χ4v) is 2.51. The van der Waals surface area contributed by atoms with Crippen LogP contribution in [-0.4, -0.2) is 5.54 Å².